The lowest BCUT2D eigenvalue weighted by Gasteiger charge is -2.12. The Balaban J connectivity index is 1.01. The van der Waals surface area contributed by atoms with E-state index in [9.17, 15) is 0 Å². The molecule has 4 heterocycles. The smallest absolute Gasteiger partial charge is 0.228 e. The standard InChI is InChI=1S/C49H30N4O/c1-2-12-31(13-3-1)41-30-42(32-26-28-35(29-27-32)53-43-19-9-6-14-36(43)37-15-7-10-20-44(37)53)51-48(50-41)34-24-22-33(23-25-34)47-39-17-5-4-16-38(39)46-40-18-8-11-21-45(40)54-49(46)52-47/h1-30H. The lowest BCUT2D eigenvalue weighted by molar-refractivity contribution is 0.655. The second-order valence-electron chi connectivity index (χ2n) is 13.6. The van der Waals surface area contributed by atoms with Crippen molar-refractivity contribution < 1.29 is 4.42 Å². The van der Waals surface area contributed by atoms with E-state index in [0.717, 1.165) is 72.2 Å². The Morgan fingerprint density at radius 2 is 0.907 bits per heavy atom. The van der Waals surface area contributed by atoms with Crippen molar-refractivity contribution in [3.63, 3.8) is 0 Å². The highest BCUT2D eigenvalue weighted by Crippen LogP contribution is 2.39. The van der Waals surface area contributed by atoms with Crippen molar-refractivity contribution in [2.24, 2.45) is 0 Å². The molecule has 0 aliphatic rings. The van der Waals surface area contributed by atoms with Crippen LogP contribution in [0.4, 0.5) is 0 Å². The number of hydrogen-bond donors (Lipinski definition) is 0. The molecule has 0 aliphatic heterocycles. The average molecular weight is 691 g/mol. The van der Waals surface area contributed by atoms with Crippen LogP contribution in [-0.2, 0) is 0 Å². The first kappa shape index (κ1) is 30.3. The molecule has 0 fully saturated rings. The van der Waals surface area contributed by atoms with Gasteiger partial charge in [0.1, 0.15) is 5.58 Å². The van der Waals surface area contributed by atoms with E-state index in [2.05, 4.69) is 150 Å². The zero-order valence-electron chi connectivity index (χ0n) is 29.0. The van der Waals surface area contributed by atoms with Crippen LogP contribution in [0.5, 0.6) is 0 Å². The summed E-state index contributed by atoms with van der Waals surface area (Å²) in [7, 11) is 0. The van der Waals surface area contributed by atoms with Crippen LogP contribution in [0.15, 0.2) is 186 Å². The molecule has 0 saturated heterocycles. The molecule has 0 bridgehead atoms. The molecule has 54 heavy (non-hydrogen) atoms. The molecule has 0 N–H and O–H groups in total. The quantitative estimate of drug-likeness (QED) is 0.180. The lowest BCUT2D eigenvalue weighted by atomic mass is 9.99. The molecular weight excluding hydrogens is 661 g/mol. The van der Waals surface area contributed by atoms with E-state index in [1.165, 1.54) is 21.8 Å². The van der Waals surface area contributed by atoms with E-state index in [1.54, 1.807) is 0 Å². The number of furan rings is 1. The maximum atomic E-state index is 6.26. The van der Waals surface area contributed by atoms with Crippen molar-refractivity contribution in [2.45, 2.75) is 0 Å². The Kier molecular flexibility index (Phi) is 6.79. The van der Waals surface area contributed by atoms with Crippen molar-refractivity contribution in [3.8, 4) is 50.8 Å². The average Bonchev–Trinajstić information content (AvgIpc) is 3.80. The first-order chi connectivity index (χ1) is 26.8. The molecule has 0 spiro atoms. The molecule has 5 nitrogen and oxygen atoms in total. The molecule has 252 valence electrons. The van der Waals surface area contributed by atoms with E-state index >= 15 is 0 Å². The van der Waals surface area contributed by atoms with Crippen molar-refractivity contribution >= 4 is 54.6 Å². The van der Waals surface area contributed by atoms with Crippen molar-refractivity contribution in [1.29, 1.82) is 0 Å². The SMILES string of the molecule is c1ccc(-c2cc(-c3ccc(-n4c5ccccc5c5ccccc54)cc3)nc(-c3ccc(-c4nc5oc6ccccc6c5c5ccccc45)cc3)n2)cc1. The summed E-state index contributed by atoms with van der Waals surface area (Å²) in [6.07, 6.45) is 0. The van der Waals surface area contributed by atoms with Crippen molar-refractivity contribution in [3.05, 3.63) is 182 Å². The highest BCUT2D eigenvalue weighted by Gasteiger charge is 2.18. The summed E-state index contributed by atoms with van der Waals surface area (Å²) in [5, 5.41) is 6.82. The maximum Gasteiger partial charge on any atom is 0.228 e. The molecule has 4 aromatic heterocycles. The third-order valence-corrected chi connectivity index (χ3v) is 10.5. The van der Waals surface area contributed by atoms with Gasteiger partial charge in [-0.2, -0.15) is 0 Å². The summed E-state index contributed by atoms with van der Waals surface area (Å²) >= 11 is 0. The zero-order valence-corrected chi connectivity index (χ0v) is 29.0. The highest BCUT2D eigenvalue weighted by atomic mass is 16.3. The molecule has 0 unspecified atom stereocenters. The van der Waals surface area contributed by atoms with Gasteiger partial charge in [0.25, 0.3) is 0 Å². The lowest BCUT2D eigenvalue weighted by Crippen LogP contribution is -1.97. The Morgan fingerprint density at radius 3 is 1.59 bits per heavy atom. The second-order valence-corrected chi connectivity index (χ2v) is 13.6. The van der Waals surface area contributed by atoms with Crippen LogP contribution in [0, 0.1) is 0 Å². The summed E-state index contributed by atoms with van der Waals surface area (Å²) in [6.45, 7) is 0. The van der Waals surface area contributed by atoms with E-state index < -0.39 is 0 Å². The van der Waals surface area contributed by atoms with E-state index in [4.69, 9.17) is 19.4 Å². The minimum atomic E-state index is 0.640. The van der Waals surface area contributed by atoms with Crippen LogP contribution in [0.2, 0.25) is 0 Å². The Bertz CT molecular complexity index is 3140. The summed E-state index contributed by atoms with van der Waals surface area (Å²) in [5.74, 6) is 0.662. The van der Waals surface area contributed by atoms with Gasteiger partial charge in [0.2, 0.25) is 5.71 Å². The highest BCUT2D eigenvalue weighted by molar-refractivity contribution is 6.20. The van der Waals surface area contributed by atoms with Gasteiger partial charge in [0.05, 0.1) is 33.5 Å². The Hall–Kier alpha value is -7.37. The first-order valence-electron chi connectivity index (χ1n) is 18.1. The summed E-state index contributed by atoms with van der Waals surface area (Å²) < 4.78 is 8.59. The second kappa shape index (κ2) is 12.1. The normalized spacial score (nSPS) is 11.7. The van der Waals surface area contributed by atoms with Crippen LogP contribution in [0.3, 0.4) is 0 Å². The monoisotopic (exact) mass is 690 g/mol. The van der Waals surface area contributed by atoms with Crippen LogP contribution >= 0.6 is 0 Å². The van der Waals surface area contributed by atoms with E-state index in [0.29, 0.717) is 11.5 Å². The fourth-order valence-corrected chi connectivity index (χ4v) is 7.90. The number of hydrogen-bond acceptors (Lipinski definition) is 4. The molecule has 0 radical (unpaired) electrons. The number of benzene rings is 7. The number of para-hydroxylation sites is 3. The van der Waals surface area contributed by atoms with Gasteiger partial charge in [-0.1, -0.05) is 146 Å². The molecule has 0 amide bonds. The molecule has 11 rings (SSSR count). The first-order valence-corrected chi connectivity index (χ1v) is 18.1. The molecule has 7 aromatic carbocycles. The molecular formula is C49H30N4O. The fourth-order valence-electron chi connectivity index (χ4n) is 7.90. The summed E-state index contributed by atoms with van der Waals surface area (Å²) in [4.78, 5) is 15.3. The number of fused-ring (bicyclic) bond motifs is 8. The van der Waals surface area contributed by atoms with Crippen LogP contribution in [0.25, 0.3) is 105 Å². The molecule has 0 atom stereocenters. The predicted octanol–water partition coefficient (Wildman–Crippen LogP) is 12.7. The van der Waals surface area contributed by atoms with Crippen molar-refractivity contribution in [1.82, 2.24) is 19.5 Å². The number of rotatable bonds is 5. The molecule has 0 saturated carbocycles. The van der Waals surface area contributed by atoms with Crippen LogP contribution < -0.4 is 0 Å². The van der Waals surface area contributed by atoms with Gasteiger partial charge in [-0.3, -0.25) is 0 Å². The maximum absolute atomic E-state index is 6.26. The Morgan fingerprint density at radius 1 is 0.389 bits per heavy atom. The van der Waals surface area contributed by atoms with E-state index in [1.807, 2.05) is 36.4 Å². The van der Waals surface area contributed by atoms with Crippen LogP contribution in [-0.4, -0.2) is 19.5 Å². The van der Waals surface area contributed by atoms with Gasteiger partial charge in [0, 0.05) is 49.5 Å². The summed E-state index contributed by atoms with van der Waals surface area (Å²) in [5.41, 5.74) is 11.5. The van der Waals surface area contributed by atoms with Gasteiger partial charge in [-0.05, 0) is 41.8 Å². The van der Waals surface area contributed by atoms with Gasteiger partial charge in [-0.15, -0.1) is 0 Å². The van der Waals surface area contributed by atoms with E-state index in [-0.39, 0.29) is 0 Å². The zero-order chi connectivity index (χ0) is 35.6. The fraction of sp³-hybridized carbons (Fsp3) is 0. The third-order valence-electron chi connectivity index (χ3n) is 10.5. The summed E-state index contributed by atoms with van der Waals surface area (Å²) in [6, 6.07) is 63.2. The van der Waals surface area contributed by atoms with Crippen LogP contribution in [0.1, 0.15) is 0 Å². The van der Waals surface area contributed by atoms with Gasteiger partial charge >= 0.3 is 0 Å². The van der Waals surface area contributed by atoms with Gasteiger partial charge in [0.15, 0.2) is 5.82 Å². The molecule has 11 aromatic rings. The van der Waals surface area contributed by atoms with Gasteiger partial charge in [-0.25, -0.2) is 15.0 Å². The minimum Gasteiger partial charge on any atom is -0.438 e. The molecule has 0 aliphatic carbocycles. The molecule has 5 heteroatoms. The topological polar surface area (TPSA) is 56.7 Å². The minimum absolute atomic E-state index is 0.640. The third kappa shape index (κ3) is 4.83. The van der Waals surface area contributed by atoms with Crippen molar-refractivity contribution in [2.75, 3.05) is 0 Å². The Labute approximate surface area is 310 Å². The van der Waals surface area contributed by atoms with Gasteiger partial charge < -0.3 is 8.98 Å². The number of nitrogens with zero attached hydrogens (tertiary/aromatic N) is 4. The predicted molar refractivity (Wildman–Crippen MR) is 221 cm³/mol. The largest absolute Gasteiger partial charge is 0.438 e. The number of aromatic nitrogens is 4. The number of pyridine rings is 1.